The first-order valence-electron chi connectivity index (χ1n) is 14.2. The summed E-state index contributed by atoms with van der Waals surface area (Å²) in [5, 5.41) is 13.3. The Bertz CT molecular complexity index is 1700. The number of methoxy groups -OCH3 is 2. The van der Waals surface area contributed by atoms with Crippen LogP contribution in [0, 0.1) is 12.7 Å². The minimum absolute atomic E-state index is 0.122. The summed E-state index contributed by atoms with van der Waals surface area (Å²) in [6.45, 7) is 7.00. The molecule has 0 aliphatic carbocycles. The molecule has 15 heteroatoms. The van der Waals surface area contributed by atoms with Crippen molar-refractivity contribution in [3.8, 4) is 10.8 Å². The molecular weight excluding hydrogens is 736 g/mol. The number of nitrogens with zero attached hydrogens (tertiary/aromatic N) is 5. The van der Waals surface area contributed by atoms with Crippen molar-refractivity contribution in [2.45, 2.75) is 52.1 Å². The van der Waals surface area contributed by atoms with Crippen molar-refractivity contribution in [2.24, 2.45) is 0 Å². The number of amides is 1. The zero-order valence-corrected chi connectivity index (χ0v) is 29.8. The fraction of sp³-hybridized carbons (Fsp3) is 0.467. The molecule has 246 valence electrons. The number of ether oxygens (including phenoxy) is 2. The Labute approximate surface area is 282 Å². The van der Waals surface area contributed by atoms with Crippen LogP contribution in [0.3, 0.4) is 0 Å². The first-order chi connectivity index (χ1) is 21.6. The van der Waals surface area contributed by atoms with Crippen LogP contribution < -0.4 is 16.0 Å². The third kappa shape index (κ3) is 7.99. The van der Waals surface area contributed by atoms with E-state index in [2.05, 4.69) is 19.6 Å². The minimum atomic E-state index is -1.40. The molecule has 1 N–H and O–H groups in total. The molecule has 1 saturated heterocycles. The fourth-order valence-corrected chi connectivity index (χ4v) is 6.56. The molecule has 0 radical (unpaired) electrons. The molecule has 1 amide bonds. The number of thiol groups is 1. The molecule has 11 nitrogen and oxygen atoms in total. The maximum absolute atomic E-state index is 14.1. The van der Waals surface area contributed by atoms with Gasteiger partial charge in [-0.05, 0) is 91.1 Å². The van der Waals surface area contributed by atoms with Crippen LogP contribution >= 0.6 is 42.3 Å². The van der Waals surface area contributed by atoms with Crippen LogP contribution in [0.4, 0.5) is 4.39 Å². The first-order valence-corrected chi connectivity index (χ1v) is 18.3. The molecule has 0 bridgehead atoms. The number of carbonyl (C=O) groups excluding carboxylic acids is 1. The summed E-state index contributed by atoms with van der Waals surface area (Å²) in [4.78, 5) is 43.8. The summed E-state index contributed by atoms with van der Waals surface area (Å²) in [5.41, 5.74) is -1.21. The van der Waals surface area contributed by atoms with E-state index in [-0.39, 0.29) is 25.5 Å². The van der Waals surface area contributed by atoms with Crippen molar-refractivity contribution < 1.29 is 23.8 Å². The van der Waals surface area contributed by atoms with Gasteiger partial charge < -0.3 is 19.5 Å². The highest BCUT2D eigenvalue weighted by atomic mass is 127. The minimum Gasteiger partial charge on any atom is -0.496 e. The molecule has 0 atom stereocenters. The number of hydrogen-bond donors (Lipinski definition) is 2. The van der Waals surface area contributed by atoms with Gasteiger partial charge in [0.25, 0.3) is 5.56 Å². The quantitative estimate of drug-likeness (QED) is 0.192. The Morgan fingerprint density at radius 2 is 1.89 bits per heavy atom. The molecule has 0 saturated carbocycles. The Hall–Kier alpha value is -2.73. The van der Waals surface area contributed by atoms with Gasteiger partial charge in [0, 0.05) is 44.7 Å². The number of benzene rings is 1. The molecule has 1 aromatic carbocycles. The average molecular weight is 776 g/mol. The van der Waals surface area contributed by atoms with E-state index in [1.165, 1.54) is 35.1 Å². The van der Waals surface area contributed by atoms with Gasteiger partial charge in [0.2, 0.25) is 5.91 Å². The molecule has 1 fully saturated rings. The summed E-state index contributed by atoms with van der Waals surface area (Å²) >= 11 is 3.13. The number of aliphatic hydroxyl groups is 1. The molecule has 0 spiro atoms. The lowest BCUT2D eigenvalue weighted by molar-refractivity contribution is -0.138. The topological polar surface area (TPSA) is 121 Å². The number of hydrogen-bond acceptors (Lipinski definition) is 9. The second-order valence-corrected chi connectivity index (χ2v) is 11.7. The van der Waals surface area contributed by atoms with E-state index in [9.17, 15) is 18.8 Å². The van der Waals surface area contributed by atoms with Gasteiger partial charge in [-0.25, -0.2) is 18.4 Å². The van der Waals surface area contributed by atoms with Crippen molar-refractivity contribution in [3.05, 3.63) is 74.4 Å². The third-order valence-electron chi connectivity index (χ3n) is 7.52. The van der Waals surface area contributed by atoms with Crippen LogP contribution in [-0.4, -0.2) is 75.4 Å². The molecule has 45 heavy (non-hydrogen) atoms. The molecule has 4 aromatic rings. The van der Waals surface area contributed by atoms with Crippen LogP contribution in [0.5, 0.6) is 5.75 Å². The lowest BCUT2D eigenvalue weighted by Crippen LogP contribution is -2.56. The Morgan fingerprint density at radius 3 is 2.44 bits per heavy atom. The van der Waals surface area contributed by atoms with Gasteiger partial charge >= 0.3 is 5.69 Å². The van der Waals surface area contributed by atoms with Gasteiger partial charge in [-0.15, -0.1) is 9.80 Å². The van der Waals surface area contributed by atoms with Gasteiger partial charge in [-0.2, -0.15) is 5.10 Å². The molecule has 1 aliphatic rings. The molecule has 0 unspecified atom stereocenters. The maximum atomic E-state index is 14.1. The number of thiophene rings is 1. The number of fused-ring (bicyclic) bond motifs is 1. The largest absolute Gasteiger partial charge is 0.496 e. The fourth-order valence-electron chi connectivity index (χ4n) is 5.30. The van der Waals surface area contributed by atoms with E-state index in [0.717, 1.165) is 17.4 Å². The van der Waals surface area contributed by atoms with E-state index < -0.39 is 22.6 Å². The number of aromatic nitrogens is 4. The van der Waals surface area contributed by atoms with Crippen LogP contribution in [0.15, 0.2) is 46.2 Å². The molecule has 3 aromatic heterocycles. The van der Waals surface area contributed by atoms with Gasteiger partial charge in [0.1, 0.15) is 26.9 Å². The predicted octanol–water partition coefficient (Wildman–Crippen LogP) is 4.36. The highest BCUT2D eigenvalue weighted by molar-refractivity contribution is 14.2. The highest BCUT2D eigenvalue weighted by Gasteiger charge is 2.39. The summed E-state index contributed by atoms with van der Waals surface area (Å²) in [6.07, 6.45) is 5.49. The van der Waals surface area contributed by atoms with Crippen molar-refractivity contribution in [2.75, 3.05) is 40.5 Å². The lowest BCUT2D eigenvalue weighted by Gasteiger charge is -2.31. The van der Waals surface area contributed by atoms with Crippen molar-refractivity contribution >= 4 is 58.5 Å². The first kappa shape index (κ1) is 36.7. The molecular formula is C30H39FIN5O6S2. The predicted molar refractivity (Wildman–Crippen MR) is 186 cm³/mol. The van der Waals surface area contributed by atoms with E-state index in [4.69, 9.17) is 9.84 Å². The zero-order valence-electron chi connectivity index (χ0n) is 26.0. The number of halogens is 2. The number of rotatable bonds is 9. The summed E-state index contributed by atoms with van der Waals surface area (Å²) in [5.74, 6) is -0.159. The van der Waals surface area contributed by atoms with Crippen molar-refractivity contribution in [1.29, 1.82) is 0 Å². The Morgan fingerprint density at radius 1 is 1.20 bits per heavy atom. The average Bonchev–Trinajstić information content (AvgIpc) is 3.81. The standard InChI is InChI=1S/C27H30FN5O4S.C3H8O2.HIS/c1-17-21-22(34)33(27(2,3)25(35)30-12-5-6-13-30)26(36)31(24(21)38-23(17)32-14-7-11-29-32)15-10-18-16-19(28)8-9-20(18)37-4;1-5-3-2-4;1-2/h7-9,11,14,16H,5-6,10,12-13,15H2,1-4H3;4H,2-3H2,1H3;2H. The zero-order chi connectivity index (χ0) is 33.3. The Kier molecular flexibility index (Phi) is 13.6. The van der Waals surface area contributed by atoms with Crippen molar-refractivity contribution in [3.63, 3.8) is 0 Å². The number of aryl methyl sites for hydroxylation is 3. The Balaban J connectivity index is 0.000000719. The third-order valence-corrected chi connectivity index (χ3v) is 8.82. The van der Waals surface area contributed by atoms with Crippen LogP contribution in [0.1, 0.15) is 37.8 Å². The summed E-state index contributed by atoms with van der Waals surface area (Å²) < 4.78 is 28.2. The smallest absolute Gasteiger partial charge is 0.333 e. The van der Waals surface area contributed by atoms with Gasteiger partial charge in [0.15, 0.2) is 0 Å². The monoisotopic (exact) mass is 775 g/mol. The molecule has 4 heterocycles. The molecule has 1 aliphatic heterocycles. The normalized spacial score (nSPS) is 12.9. The number of likely N-dealkylation sites (tertiary alicyclic amines) is 1. The number of carbonyl (C=O) groups is 1. The van der Waals surface area contributed by atoms with Crippen LogP contribution in [-0.2, 0) is 28.0 Å². The van der Waals surface area contributed by atoms with E-state index >= 15 is 0 Å². The van der Waals surface area contributed by atoms with Crippen molar-refractivity contribution in [1.82, 2.24) is 23.8 Å². The second-order valence-electron chi connectivity index (χ2n) is 10.7. The van der Waals surface area contributed by atoms with Crippen LogP contribution in [0.2, 0.25) is 0 Å². The van der Waals surface area contributed by atoms with Gasteiger partial charge in [-0.3, -0.25) is 14.2 Å². The second kappa shape index (κ2) is 16.7. The van der Waals surface area contributed by atoms with E-state index in [1.54, 1.807) is 55.1 Å². The van der Waals surface area contributed by atoms with Crippen LogP contribution in [0.25, 0.3) is 15.2 Å². The van der Waals surface area contributed by atoms with E-state index in [0.29, 0.717) is 51.8 Å². The van der Waals surface area contributed by atoms with E-state index in [1.807, 2.05) is 28.1 Å². The molecule has 5 rings (SSSR count). The summed E-state index contributed by atoms with van der Waals surface area (Å²) in [6, 6.07) is 6.03. The highest BCUT2D eigenvalue weighted by Crippen LogP contribution is 2.32. The van der Waals surface area contributed by atoms with Gasteiger partial charge in [-0.1, -0.05) is 11.3 Å². The maximum Gasteiger partial charge on any atom is 0.333 e. The lowest BCUT2D eigenvalue weighted by atomic mass is 10.0. The number of aliphatic hydroxyl groups excluding tert-OH is 1. The SMILES string of the molecule is COCCO.COc1ccc(F)cc1CCn1c(=O)n(C(C)(C)C(=O)N2CCCC2)c(=O)c2c(C)c(-n3cccn3)sc21.SI. The summed E-state index contributed by atoms with van der Waals surface area (Å²) in [7, 11) is 6.56. The van der Waals surface area contributed by atoms with Gasteiger partial charge in [0.05, 0.1) is 25.7 Å².